The number of anilines is 1. The van der Waals surface area contributed by atoms with E-state index in [-0.39, 0.29) is 18.9 Å². The van der Waals surface area contributed by atoms with E-state index in [0.29, 0.717) is 30.3 Å². The number of hydrogen-bond acceptors (Lipinski definition) is 5. The molecule has 7 nitrogen and oxygen atoms in total. The number of benzene rings is 1. The molecular weight excluding hydrogens is 322 g/mol. The molecule has 0 radical (unpaired) electrons. The summed E-state index contributed by atoms with van der Waals surface area (Å²) in [4.78, 5) is 18.3. The summed E-state index contributed by atoms with van der Waals surface area (Å²) in [7, 11) is 0. The van der Waals surface area contributed by atoms with Gasteiger partial charge in [-0.2, -0.15) is 0 Å². The number of likely N-dealkylation sites (tertiary alicyclic amines) is 1. The number of urea groups is 1. The molecule has 1 aromatic carbocycles. The number of rotatable bonds is 3. The van der Waals surface area contributed by atoms with Crippen molar-refractivity contribution in [2.24, 2.45) is 0 Å². The van der Waals surface area contributed by atoms with Gasteiger partial charge in [-0.25, -0.2) is 4.79 Å². The fraction of sp³-hybridized carbons (Fsp3) is 0.333. The lowest BCUT2D eigenvalue weighted by molar-refractivity contribution is 0.106. The van der Waals surface area contributed by atoms with E-state index in [1.807, 2.05) is 12.1 Å². The Balaban J connectivity index is 1.36. The number of aromatic nitrogens is 1. The van der Waals surface area contributed by atoms with Gasteiger partial charge in [-0.15, -0.1) is 0 Å². The van der Waals surface area contributed by atoms with Crippen LogP contribution in [0.4, 0.5) is 10.5 Å². The Kier molecular flexibility index (Phi) is 4.28. The van der Waals surface area contributed by atoms with Crippen molar-refractivity contribution in [2.75, 3.05) is 25.2 Å². The maximum Gasteiger partial charge on any atom is 0.321 e. The molecule has 0 aliphatic carbocycles. The molecule has 1 saturated heterocycles. The molecule has 2 aliphatic rings. The van der Waals surface area contributed by atoms with E-state index in [4.69, 9.17) is 14.2 Å². The Morgan fingerprint density at radius 3 is 2.92 bits per heavy atom. The third-order valence-corrected chi connectivity index (χ3v) is 4.24. The van der Waals surface area contributed by atoms with Gasteiger partial charge in [0.25, 0.3) is 0 Å². The van der Waals surface area contributed by atoms with Crippen LogP contribution in [-0.4, -0.2) is 41.9 Å². The van der Waals surface area contributed by atoms with Crippen molar-refractivity contribution < 1.29 is 19.0 Å². The molecule has 130 valence electrons. The highest BCUT2D eigenvalue weighted by atomic mass is 16.7. The lowest BCUT2D eigenvalue weighted by Gasteiger charge is -2.32. The molecule has 7 heteroatoms. The Morgan fingerprint density at radius 2 is 2.04 bits per heavy atom. The first kappa shape index (κ1) is 15.6. The zero-order valence-corrected chi connectivity index (χ0v) is 13.7. The summed E-state index contributed by atoms with van der Waals surface area (Å²) in [5.41, 5.74) is 0.687. The summed E-state index contributed by atoms with van der Waals surface area (Å²) in [6.45, 7) is 1.48. The van der Waals surface area contributed by atoms with Crippen LogP contribution in [0.2, 0.25) is 0 Å². The quantitative estimate of drug-likeness (QED) is 0.929. The van der Waals surface area contributed by atoms with Gasteiger partial charge in [0.2, 0.25) is 6.79 Å². The third-order valence-electron chi connectivity index (χ3n) is 4.24. The topological polar surface area (TPSA) is 72.9 Å². The number of hydrogen-bond donors (Lipinski definition) is 1. The van der Waals surface area contributed by atoms with Gasteiger partial charge in [-0.1, -0.05) is 0 Å². The summed E-state index contributed by atoms with van der Waals surface area (Å²) in [6, 6.07) is 8.89. The largest absolute Gasteiger partial charge is 0.488 e. The standard InChI is InChI=1S/C18H19N3O4/c22-18(20-13-3-4-16-17(10-13)24-12-23-16)21-9-1-2-15(11-21)25-14-5-7-19-8-6-14/h3-8,10,15H,1-2,9,11-12H2,(H,20,22)/t15-/m0/s1. The van der Waals surface area contributed by atoms with Crippen LogP contribution in [0.3, 0.4) is 0 Å². The van der Waals surface area contributed by atoms with Gasteiger partial charge in [0, 0.05) is 30.7 Å². The molecule has 0 saturated carbocycles. The SMILES string of the molecule is O=C(Nc1ccc2c(c1)OCO2)N1CCC[C@H](Oc2ccncc2)C1. The van der Waals surface area contributed by atoms with Crippen LogP contribution in [0.25, 0.3) is 0 Å². The van der Waals surface area contributed by atoms with Crippen molar-refractivity contribution >= 4 is 11.7 Å². The molecule has 0 spiro atoms. The van der Waals surface area contributed by atoms with Gasteiger partial charge in [-0.3, -0.25) is 4.98 Å². The van der Waals surface area contributed by atoms with Crippen LogP contribution in [0, 0.1) is 0 Å². The molecule has 0 unspecified atom stereocenters. The lowest BCUT2D eigenvalue weighted by atomic mass is 10.1. The zero-order valence-electron chi connectivity index (χ0n) is 13.7. The van der Waals surface area contributed by atoms with Gasteiger partial charge in [-0.05, 0) is 37.1 Å². The highest BCUT2D eigenvalue weighted by Gasteiger charge is 2.25. The number of ether oxygens (including phenoxy) is 3. The second-order valence-electron chi connectivity index (χ2n) is 6.01. The van der Waals surface area contributed by atoms with Gasteiger partial charge >= 0.3 is 6.03 Å². The van der Waals surface area contributed by atoms with Gasteiger partial charge in [0.15, 0.2) is 11.5 Å². The molecular formula is C18H19N3O4. The maximum absolute atomic E-state index is 12.5. The predicted molar refractivity (Wildman–Crippen MR) is 91.0 cm³/mol. The highest BCUT2D eigenvalue weighted by Crippen LogP contribution is 2.34. The summed E-state index contributed by atoms with van der Waals surface area (Å²) in [5, 5.41) is 2.91. The van der Waals surface area contributed by atoms with E-state index in [1.165, 1.54) is 0 Å². The van der Waals surface area contributed by atoms with Crippen molar-refractivity contribution in [3.63, 3.8) is 0 Å². The number of pyridine rings is 1. The van der Waals surface area contributed by atoms with E-state index in [1.54, 1.807) is 35.5 Å². The smallest absolute Gasteiger partial charge is 0.321 e. The minimum Gasteiger partial charge on any atom is -0.488 e. The Hall–Kier alpha value is -2.96. The molecule has 0 bridgehead atoms. The van der Waals surface area contributed by atoms with Crippen LogP contribution in [0.5, 0.6) is 17.2 Å². The number of carbonyl (C=O) groups is 1. The fourth-order valence-corrected chi connectivity index (χ4v) is 3.00. The molecule has 3 heterocycles. The van der Waals surface area contributed by atoms with Gasteiger partial charge in [0.05, 0.1) is 6.54 Å². The van der Waals surface area contributed by atoms with Crippen molar-refractivity contribution in [3.05, 3.63) is 42.7 Å². The second-order valence-corrected chi connectivity index (χ2v) is 6.01. The molecule has 1 fully saturated rings. The van der Waals surface area contributed by atoms with E-state index in [0.717, 1.165) is 18.6 Å². The average Bonchev–Trinajstić information content (AvgIpc) is 3.10. The van der Waals surface area contributed by atoms with Crippen molar-refractivity contribution in [2.45, 2.75) is 18.9 Å². The second kappa shape index (κ2) is 6.88. The van der Waals surface area contributed by atoms with Crippen molar-refractivity contribution in [1.82, 2.24) is 9.88 Å². The van der Waals surface area contributed by atoms with E-state index in [2.05, 4.69) is 10.3 Å². The summed E-state index contributed by atoms with van der Waals surface area (Å²) >= 11 is 0. The highest BCUT2D eigenvalue weighted by molar-refractivity contribution is 5.89. The van der Waals surface area contributed by atoms with Crippen molar-refractivity contribution in [3.8, 4) is 17.2 Å². The van der Waals surface area contributed by atoms with Crippen LogP contribution in [0.1, 0.15) is 12.8 Å². The number of nitrogens with zero attached hydrogens (tertiary/aromatic N) is 2. The Morgan fingerprint density at radius 1 is 1.20 bits per heavy atom. The third kappa shape index (κ3) is 3.60. The lowest BCUT2D eigenvalue weighted by Crippen LogP contribution is -2.46. The fourth-order valence-electron chi connectivity index (χ4n) is 3.00. The number of fused-ring (bicyclic) bond motifs is 1. The summed E-state index contributed by atoms with van der Waals surface area (Å²) < 4.78 is 16.6. The minimum absolute atomic E-state index is 0.0151. The zero-order chi connectivity index (χ0) is 17.1. The molecule has 1 aromatic heterocycles. The number of amides is 2. The van der Waals surface area contributed by atoms with Crippen molar-refractivity contribution in [1.29, 1.82) is 0 Å². The molecule has 1 atom stereocenters. The van der Waals surface area contributed by atoms with Gasteiger partial charge < -0.3 is 24.4 Å². The Bertz CT molecular complexity index is 753. The van der Waals surface area contributed by atoms with E-state index >= 15 is 0 Å². The molecule has 2 aliphatic heterocycles. The molecule has 4 rings (SSSR count). The minimum atomic E-state index is -0.137. The molecule has 2 amide bonds. The molecule has 1 N–H and O–H groups in total. The number of carbonyl (C=O) groups excluding carboxylic acids is 1. The summed E-state index contributed by atoms with van der Waals surface area (Å²) in [5.74, 6) is 2.12. The monoisotopic (exact) mass is 341 g/mol. The van der Waals surface area contributed by atoms with E-state index in [9.17, 15) is 4.79 Å². The predicted octanol–water partition coefficient (Wildman–Crippen LogP) is 2.89. The molecule has 25 heavy (non-hydrogen) atoms. The Labute approximate surface area is 145 Å². The average molecular weight is 341 g/mol. The van der Waals surface area contributed by atoms with Crippen LogP contribution < -0.4 is 19.5 Å². The van der Waals surface area contributed by atoms with Gasteiger partial charge in [0.1, 0.15) is 11.9 Å². The maximum atomic E-state index is 12.5. The first-order chi connectivity index (χ1) is 12.3. The first-order valence-corrected chi connectivity index (χ1v) is 8.30. The first-order valence-electron chi connectivity index (χ1n) is 8.30. The normalized spacial score (nSPS) is 18.7. The van der Waals surface area contributed by atoms with Crippen LogP contribution in [0.15, 0.2) is 42.7 Å². The number of piperidine rings is 1. The summed E-state index contributed by atoms with van der Waals surface area (Å²) in [6.07, 6.45) is 5.21. The van der Waals surface area contributed by atoms with Crippen LogP contribution >= 0.6 is 0 Å². The molecule has 2 aromatic rings. The van der Waals surface area contributed by atoms with E-state index < -0.39 is 0 Å². The van der Waals surface area contributed by atoms with Crippen LogP contribution in [-0.2, 0) is 0 Å². The number of nitrogens with one attached hydrogen (secondary N) is 1.